The van der Waals surface area contributed by atoms with Gasteiger partial charge in [0, 0.05) is 0 Å². The Morgan fingerprint density at radius 3 is 2.72 bits per heavy atom. The molecule has 0 bridgehead atoms. The normalized spacial score (nSPS) is 12.3. The fraction of sp³-hybridized carbons (Fsp3) is 0.333. The van der Waals surface area contributed by atoms with Gasteiger partial charge < -0.3 is 4.74 Å². The Morgan fingerprint density at radius 2 is 2.04 bits per heavy atom. The van der Waals surface area contributed by atoms with E-state index in [0.717, 1.165) is 11.3 Å². The zero-order valence-corrected chi connectivity index (χ0v) is 14.7. The van der Waals surface area contributed by atoms with Gasteiger partial charge in [0.2, 0.25) is 0 Å². The summed E-state index contributed by atoms with van der Waals surface area (Å²) in [6.45, 7) is 7.65. The molecule has 0 radical (unpaired) electrons. The van der Waals surface area contributed by atoms with Crippen LogP contribution in [-0.2, 0) is 9.53 Å². The second-order valence-corrected chi connectivity index (χ2v) is 5.95. The van der Waals surface area contributed by atoms with Crippen LogP contribution in [0.3, 0.4) is 0 Å². The summed E-state index contributed by atoms with van der Waals surface area (Å²) in [5.41, 5.74) is 3.28. The summed E-state index contributed by atoms with van der Waals surface area (Å²) in [6, 6.07) is 5.19. The number of aromatic nitrogens is 4. The number of aryl methyl sites for hydroxylation is 2. The lowest BCUT2D eigenvalue weighted by Crippen LogP contribution is -2.29. The van der Waals surface area contributed by atoms with Crippen molar-refractivity contribution in [1.29, 1.82) is 0 Å². The number of ether oxygens (including phenoxy) is 1. The Bertz CT molecular complexity index is 1000. The van der Waals surface area contributed by atoms with Gasteiger partial charge in [0.15, 0.2) is 5.65 Å². The minimum absolute atomic E-state index is 0.262. The first-order valence-corrected chi connectivity index (χ1v) is 8.13. The molecule has 3 rings (SSSR count). The van der Waals surface area contributed by atoms with Gasteiger partial charge in [-0.25, -0.2) is 14.5 Å². The molecular weight excluding hydrogens is 320 g/mol. The molecule has 0 saturated heterocycles. The molecule has 0 spiro atoms. The number of hydrogen-bond donors (Lipinski definition) is 0. The monoisotopic (exact) mass is 340 g/mol. The number of carbonyl (C=O) groups is 1. The fourth-order valence-electron chi connectivity index (χ4n) is 2.62. The summed E-state index contributed by atoms with van der Waals surface area (Å²) >= 11 is 0. The zero-order valence-electron chi connectivity index (χ0n) is 14.7. The summed E-state index contributed by atoms with van der Waals surface area (Å²) in [7, 11) is 0. The summed E-state index contributed by atoms with van der Waals surface area (Å²) in [4.78, 5) is 29.0. The fourth-order valence-corrected chi connectivity index (χ4v) is 2.62. The summed E-state index contributed by atoms with van der Waals surface area (Å²) in [5, 5.41) is 4.66. The number of benzene rings is 1. The molecule has 2 heterocycles. The van der Waals surface area contributed by atoms with Gasteiger partial charge in [-0.15, -0.1) is 0 Å². The van der Waals surface area contributed by atoms with Gasteiger partial charge >= 0.3 is 5.97 Å². The molecule has 25 heavy (non-hydrogen) atoms. The van der Waals surface area contributed by atoms with E-state index in [4.69, 9.17) is 4.74 Å². The average molecular weight is 340 g/mol. The van der Waals surface area contributed by atoms with Gasteiger partial charge in [-0.3, -0.25) is 9.36 Å². The molecule has 1 aromatic carbocycles. The number of rotatable bonds is 4. The smallest absolute Gasteiger partial charge is 0.328 e. The standard InChI is InChI=1S/C18H20N4O3/c1-5-25-18(24)13(4)21-10-19-16-15(17(21)23)9-20-22(16)14-7-6-11(2)12(3)8-14/h6-10,13H,5H2,1-4H3/t13-/m1/s1. The van der Waals surface area contributed by atoms with E-state index >= 15 is 0 Å². The lowest BCUT2D eigenvalue weighted by molar-refractivity contribution is -0.146. The molecule has 0 aliphatic heterocycles. The molecule has 0 N–H and O–H groups in total. The summed E-state index contributed by atoms with van der Waals surface area (Å²) in [6.07, 6.45) is 2.85. The van der Waals surface area contributed by atoms with Crippen LogP contribution in [0.4, 0.5) is 0 Å². The highest BCUT2D eigenvalue weighted by molar-refractivity contribution is 5.77. The van der Waals surface area contributed by atoms with Crippen molar-refractivity contribution in [2.45, 2.75) is 33.7 Å². The van der Waals surface area contributed by atoms with Crippen LogP contribution in [0.15, 0.2) is 35.5 Å². The van der Waals surface area contributed by atoms with E-state index < -0.39 is 12.0 Å². The third kappa shape index (κ3) is 2.93. The number of nitrogens with zero attached hydrogens (tertiary/aromatic N) is 4. The van der Waals surface area contributed by atoms with E-state index in [9.17, 15) is 9.59 Å². The maximum atomic E-state index is 12.7. The van der Waals surface area contributed by atoms with Crippen LogP contribution in [0.1, 0.15) is 31.0 Å². The van der Waals surface area contributed by atoms with Gasteiger partial charge in [-0.05, 0) is 51.0 Å². The first kappa shape index (κ1) is 16.9. The van der Waals surface area contributed by atoms with Gasteiger partial charge in [0.05, 0.1) is 18.5 Å². The molecule has 0 amide bonds. The second kappa shape index (κ2) is 6.51. The predicted molar refractivity (Wildman–Crippen MR) is 93.9 cm³/mol. The van der Waals surface area contributed by atoms with Crippen LogP contribution < -0.4 is 5.56 Å². The first-order valence-electron chi connectivity index (χ1n) is 8.13. The van der Waals surface area contributed by atoms with E-state index in [2.05, 4.69) is 10.1 Å². The number of fused-ring (bicyclic) bond motifs is 1. The zero-order chi connectivity index (χ0) is 18.1. The van der Waals surface area contributed by atoms with Crippen LogP contribution in [0.2, 0.25) is 0 Å². The molecular formula is C18H20N4O3. The Kier molecular flexibility index (Phi) is 4.39. The molecule has 0 aliphatic carbocycles. The van der Waals surface area contributed by atoms with E-state index in [0.29, 0.717) is 11.0 Å². The molecule has 2 aromatic heterocycles. The number of esters is 1. The van der Waals surface area contributed by atoms with E-state index in [1.165, 1.54) is 22.7 Å². The lowest BCUT2D eigenvalue weighted by Gasteiger charge is -2.13. The van der Waals surface area contributed by atoms with Gasteiger partial charge in [0.25, 0.3) is 5.56 Å². The first-order chi connectivity index (χ1) is 11.9. The Hall–Kier alpha value is -2.96. The quantitative estimate of drug-likeness (QED) is 0.681. The molecule has 0 saturated carbocycles. The van der Waals surface area contributed by atoms with Crippen LogP contribution in [0.25, 0.3) is 16.7 Å². The van der Waals surface area contributed by atoms with Crippen molar-refractivity contribution in [3.8, 4) is 5.69 Å². The Labute approximate surface area is 144 Å². The second-order valence-electron chi connectivity index (χ2n) is 5.95. The van der Waals surface area contributed by atoms with Gasteiger partial charge in [0.1, 0.15) is 17.8 Å². The molecule has 3 aromatic rings. The van der Waals surface area contributed by atoms with Gasteiger partial charge in [-0.2, -0.15) is 5.10 Å². The predicted octanol–water partition coefficient (Wildman–Crippen LogP) is 2.32. The third-order valence-electron chi connectivity index (χ3n) is 4.29. The summed E-state index contributed by atoms with van der Waals surface area (Å²) < 4.78 is 7.87. The van der Waals surface area contributed by atoms with Crippen molar-refractivity contribution in [2.75, 3.05) is 6.61 Å². The van der Waals surface area contributed by atoms with Gasteiger partial charge in [-0.1, -0.05) is 6.07 Å². The minimum Gasteiger partial charge on any atom is -0.464 e. The highest BCUT2D eigenvalue weighted by Gasteiger charge is 2.20. The number of hydrogen-bond acceptors (Lipinski definition) is 5. The van der Waals surface area contributed by atoms with E-state index in [1.54, 1.807) is 18.5 Å². The minimum atomic E-state index is -0.741. The maximum absolute atomic E-state index is 12.7. The molecule has 0 unspecified atom stereocenters. The maximum Gasteiger partial charge on any atom is 0.328 e. The Morgan fingerprint density at radius 1 is 1.28 bits per heavy atom. The van der Waals surface area contributed by atoms with Crippen LogP contribution in [0.5, 0.6) is 0 Å². The number of carbonyl (C=O) groups excluding carboxylic acids is 1. The van der Waals surface area contributed by atoms with E-state index in [-0.39, 0.29) is 12.2 Å². The van der Waals surface area contributed by atoms with Crippen LogP contribution >= 0.6 is 0 Å². The molecule has 7 nitrogen and oxygen atoms in total. The highest BCUT2D eigenvalue weighted by Crippen LogP contribution is 2.17. The summed E-state index contributed by atoms with van der Waals surface area (Å²) in [5.74, 6) is -0.465. The topological polar surface area (TPSA) is 79.0 Å². The Balaban J connectivity index is 2.09. The molecule has 0 fully saturated rings. The molecule has 0 aliphatic rings. The molecule has 1 atom stereocenters. The van der Waals surface area contributed by atoms with Crippen molar-refractivity contribution in [1.82, 2.24) is 19.3 Å². The van der Waals surface area contributed by atoms with Crippen LogP contribution in [-0.4, -0.2) is 31.9 Å². The largest absolute Gasteiger partial charge is 0.464 e. The van der Waals surface area contributed by atoms with E-state index in [1.807, 2.05) is 32.0 Å². The van der Waals surface area contributed by atoms with Crippen LogP contribution in [0, 0.1) is 13.8 Å². The average Bonchev–Trinajstić information content (AvgIpc) is 3.02. The molecule has 7 heteroatoms. The van der Waals surface area contributed by atoms with Crippen molar-refractivity contribution in [3.05, 3.63) is 52.2 Å². The highest BCUT2D eigenvalue weighted by atomic mass is 16.5. The van der Waals surface area contributed by atoms with Crippen molar-refractivity contribution in [2.24, 2.45) is 0 Å². The van der Waals surface area contributed by atoms with Crippen molar-refractivity contribution >= 4 is 17.0 Å². The van der Waals surface area contributed by atoms with Crippen molar-refractivity contribution < 1.29 is 9.53 Å². The lowest BCUT2D eigenvalue weighted by atomic mass is 10.1. The van der Waals surface area contributed by atoms with Crippen molar-refractivity contribution in [3.63, 3.8) is 0 Å². The SMILES string of the molecule is CCOC(=O)[C@@H](C)n1cnc2c(cnn2-c2ccc(C)c(C)c2)c1=O. The molecule has 130 valence electrons. The third-order valence-corrected chi connectivity index (χ3v) is 4.29.